The Morgan fingerprint density at radius 3 is 2.89 bits per heavy atom. The Morgan fingerprint density at radius 2 is 2.11 bits per heavy atom. The lowest BCUT2D eigenvalue weighted by molar-refractivity contribution is -0.115. The van der Waals surface area contributed by atoms with E-state index in [1.165, 1.54) is 12.8 Å². The van der Waals surface area contributed by atoms with Crippen LogP contribution in [0.1, 0.15) is 19.3 Å². The van der Waals surface area contributed by atoms with Gasteiger partial charge in [-0.3, -0.25) is 4.79 Å². The monoisotopic (exact) mass is 249 g/mol. The Hall–Kier alpha value is -1.33. The molecule has 1 aliphatic carbocycles. The number of ketones is 1. The first-order valence-corrected chi connectivity index (χ1v) is 6.62. The van der Waals surface area contributed by atoms with Crippen LogP contribution in [0.4, 0.5) is 0 Å². The molecule has 18 heavy (non-hydrogen) atoms. The van der Waals surface area contributed by atoms with Crippen LogP contribution in [0.2, 0.25) is 0 Å². The number of rotatable bonds is 3. The molecule has 2 aliphatic heterocycles. The fourth-order valence-corrected chi connectivity index (χ4v) is 2.57. The summed E-state index contributed by atoms with van der Waals surface area (Å²) in [5, 5.41) is 9.64. The van der Waals surface area contributed by atoms with Crippen LogP contribution < -0.4 is 16.0 Å². The summed E-state index contributed by atoms with van der Waals surface area (Å²) in [7, 11) is 0. The summed E-state index contributed by atoms with van der Waals surface area (Å²) in [4.78, 5) is 11.7. The molecule has 0 aromatic carbocycles. The summed E-state index contributed by atoms with van der Waals surface area (Å²) in [6.07, 6.45) is 6.38. The normalized spacial score (nSPS) is 28.0. The highest BCUT2D eigenvalue weighted by Gasteiger charge is 2.28. The van der Waals surface area contributed by atoms with E-state index in [0.29, 0.717) is 18.0 Å². The van der Waals surface area contributed by atoms with Gasteiger partial charge >= 0.3 is 0 Å². The number of carbonyl (C=O) groups is 1. The molecular weight excluding hydrogens is 230 g/mol. The van der Waals surface area contributed by atoms with Crippen molar-refractivity contribution in [3.8, 4) is 0 Å². The molecule has 1 saturated heterocycles. The number of nitrogens with one attached hydrogen (secondary N) is 3. The van der Waals surface area contributed by atoms with E-state index in [1.807, 2.05) is 12.2 Å². The van der Waals surface area contributed by atoms with E-state index in [-0.39, 0.29) is 12.1 Å². The third-order valence-corrected chi connectivity index (χ3v) is 3.66. The maximum absolute atomic E-state index is 11.7. The highest BCUT2D eigenvalue weighted by molar-refractivity contribution is 5.98. The third kappa shape index (κ3) is 2.42. The first-order valence-electron chi connectivity index (χ1n) is 6.62. The van der Waals surface area contributed by atoms with Crippen molar-refractivity contribution >= 4 is 5.78 Å². The lowest BCUT2D eigenvalue weighted by atomic mass is 9.99. The maximum Gasteiger partial charge on any atom is 0.205 e. The van der Waals surface area contributed by atoms with Crippen LogP contribution in [0.5, 0.6) is 0 Å². The van der Waals surface area contributed by atoms with E-state index in [9.17, 15) is 4.79 Å². The van der Waals surface area contributed by atoms with Gasteiger partial charge < -0.3 is 20.7 Å². The molecule has 0 radical (unpaired) electrons. The van der Waals surface area contributed by atoms with Gasteiger partial charge in [0.15, 0.2) is 5.78 Å². The quantitative estimate of drug-likeness (QED) is 0.668. The zero-order valence-corrected chi connectivity index (χ0v) is 10.4. The van der Waals surface area contributed by atoms with Crippen molar-refractivity contribution in [3.63, 3.8) is 0 Å². The largest absolute Gasteiger partial charge is 0.341 e. The van der Waals surface area contributed by atoms with Gasteiger partial charge in [-0.05, 0) is 37.9 Å². The molecule has 0 saturated carbocycles. The second-order valence-corrected chi connectivity index (χ2v) is 5.01. The standard InChI is InChI=1S/C13H19N3O2/c17-11-3-1-2-10-12(11)16-13(15-10)18-8-9-4-6-14-7-5-9/h1-2,9,13-16H,3-8H2. The fourth-order valence-electron chi connectivity index (χ4n) is 2.57. The van der Waals surface area contributed by atoms with E-state index in [1.54, 1.807) is 0 Å². The van der Waals surface area contributed by atoms with Crippen LogP contribution in [-0.2, 0) is 9.53 Å². The summed E-state index contributed by atoms with van der Waals surface area (Å²) in [5.74, 6) is 0.756. The second kappa shape index (κ2) is 5.12. The number of hydrogen-bond acceptors (Lipinski definition) is 5. The van der Waals surface area contributed by atoms with Crippen LogP contribution in [0.25, 0.3) is 0 Å². The molecule has 0 bridgehead atoms. The third-order valence-electron chi connectivity index (χ3n) is 3.66. The second-order valence-electron chi connectivity index (χ2n) is 5.01. The molecule has 0 amide bonds. The van der Waals surface area contributed by atoms with Gasteiger partial charge in [0.25, 0.3) is 0 Å². The van der Waals surface area contributed by atoms with Gasteiger partial charge in [0, 0.05) is 6.42 Å². The summed E-state index contributed by atoms with van der Waals surface area (Å²) >= 11 is 0. The fraction of sp³-hybridized carbons (Fsp3) is 0.615. The SMILES string of the molecule is O=C1CC=CC2=C1NC(OCC1CCNCC1)N2. The van der Waals surface area contributed by atoms with Crippen LogP contribution in [0, 0.1) is 5.92 Å². The molecule has 0 aromatic heterocycles. The molecule has 1 unspecified atom stereocenters. The smallest absolute Gasteiger partial charge is 0.205 e. The zero-order chi connectivity index (χ0) is 12.4. The highest BCUT2D eigenvalue weighted by atomic mass is 16.5. The van der Waals surface area contributed by atoms with Crippen molar-refractivity contribution in [3.05, 3.63) is 23.5 Å². The topological polar surface area (TPSA) is 62.4 Å². The lowest BCUT2D eigenvalue weighted by Gasteiger charge is -2.24. The Labute approximate surface area is 107 Å². The van der Waals surface area contributed by atoms with Gasteiger partial charge in [0.05, 0.1) is 12.3 Å². The molecule has 2 heterocycles. The van der Waals surface area contributed by atoms with Crippen LogP contribution in [0.3, 0.4) is 0 Å². The molecule has 5 heteroatoms. The van der Waals surface area contributed by atoms with Gasteiger partial charge in [-0.1, -0.05) is 6.08 Å². The van der Waals surface area contributed by atoms with Crippen LogP contribution >= 0.6 is 0 Å². The number of Topliss-reactive ketones (excluding diaryl/α,β-unsaturated/α-hetero) is 1. The minimum absolute atomic E-state index is 0.132. The maximum atomic E-state index is 11.7. The summed E-state index contributed by atoms with van der Waals surface area (Å²) in [5.41, 5.74) is 1.54. The lowest BCUT2D eigenvalue weighted by Crippen LogP contribution is -2.39. The Bertz CT molecular complexity index is 397. The minimum atomic E-state index is -0.253. The van der Waals surface area contributed by atoms with Crippen molar-refractivity contribution in [2.45, 2.75) is 25.6 Å². The molecule has 98 valence electrons. The van der Waals surface area contributed by atoms with Crippen LogP contribution in [0.15, 0.2) is 23.5 Å². The van der Waals surface area contributed by atoms with E-state index in [4.69, 9.17) is 4.74 Å². The Kier molecular flexibility index (Phi) is 3.34. The molecule has 3 rings (SSSR count). The van der Waals surface area contributed by atoms with E-state index in [0.717, 1.165) is 25.4 Å². The molecule has 1 atom stereocenters. The number of allylic oxidation sites excluding steroid dienone is 3. The molecular formula is C13H19N3O2. The van der Waals surface area contributed by atoms with Gasteiger partial charge in [0.2, 0.25) is 6.35 Å². The van der Waals surface area contributed by atoms with Gasteiger partial charge in [-0.2, -0.15) is 0 Å². The Morgan fingerprint density at radius 1 is 1.28 bits per heavy atom. The van der Waals surface area contributed by atoms with Crippen molar-refractivity contribution < 1.29 is 9.53 Å². The number of piperidine rings is 1. The van der Waals surface area contributed by atoms with Crippen molar-refractivity contribution in [2.75, 3.05) is 19.7 Å². The summed E-state index contributed by atoms with van der Waals surface area (Å²) in [6, 6.07) is 0. The number of hydrogen-bond donors (Lipinski definition) is 3. The van der Waals surface area contributed by atoms with E-state index < -0.39 is 0 Å². The first kappa shape index (κ1) is 11.7. The van der Waals surface area contributed by atoms with Crippen molar-refractivity contribution in [2.24, 2.45) is 5.92 Å². The van der Waals surface area contributed by atoms with Crippen LogP contribution in [-0.4, -0.2) is 31.8 Å². The molecule has 1 fully saturated rings. The van der Waals surface area contributed by atoms with E-state index >= 15 is 0 Å². The molecule has 0 spiro atoms. The average molecular weight is 249 g/mol. The number of carbonyl (C=O) groups excluding carboxylic acids is 1. The molecule has 3 aliphatic rings. The predicted octanol–water partition coefficient (Wildman–Crippen LogP) is 0.220. The van der Waals surface area contributed by atoms with Gasteiger partial charge in [0.1, 0.15) is 5.70 Å². The summed E-state index contributed by atoms with van der Waals surface area (Å²) < 4.78 is 5.80. The van der Waals surface area contributed by atoms with Gasteiger partial charge in [-0.15, -0.1) is 0 Å². The molecule has 0 aromatic rings. The average Bonchev–Trinajstić information content (AvgIpc) is 2.82. The minimum Gasteiger partial charge on any atom is -0.341 e. The number of ether oxygens (including phenoxy) is 1. The first-order chi connectivity index (χ1) is 8.83. The van der Waals surface area contributed by atoms with Crippen molar-refractivity contribution in [1.82, 2.24) is 16.0 Å². The Balaban J connectivity index is 1.49. The highest BCUT2D eigenvalue weighted by Crippen LogP contribution is 2.19. The molecule has 3 N–H and O–H groups in total. The predicted molar refractivity (Wildman–Crippen MR) is 67.4 cm³/mol. The zero-order valence-electron chi connectivity index (χ0n) is 10.4. The van der Waals surface area contributed by atoms with Gasteiger partial charge in [-0.25, -0.2) is 0 Å². The molecule has 5 nitrogen and oxygen atoms in total. The summed E-state index contributed by atoms with van der Waals surface area (Å²) in [6.45, 7) is 2.90. The van der Waals surface area contributed by atoms with Crippen molar-refractivity contribution in [1.29, 1.82) is 0 Å². The van der Waals surface area contributed by atoms with E-state index in [2.05, 4.69) is 16.0 Å².